The molecule has 2 aromatic carbocycles. The molecule has 34 heavy (non-hydrogen) atoms. The normalized spacial score (nSPS) is 15.9. The molecule has 1 heterocycles. The Morgan fingerprint density at radius 3 is 2.32 bits per heavy atom. The number of nitrogens with one attached hydrogen (secondary N) is 1. The molecule has 0 unspecified atom stereocenters. The Kier molecular flexibility index (Phi) is 8.28. The second kappa shape index (κ2) is 11.0. The Balaban J connectivity index is 1.61. The standard InChI is InChI=1S/C26H32N2O5S/c1-26(2,34(32,33)19-22-11-7-6-10-21(22)12-13-24(29)30)25(31)27-23-14-16-28(17-15-23)18-20-8-4-3-5-9-20/h3-13,23H,14-19H2,1-2H3,(H,27,31)(H,29,30)/b13-12+. The van der Waals surface area contributed by atoms with E-state index in [9.17, 15) is 18.0 Å². The van der Waals surface area contributed by atoms with Crippen LogP contribution in [-0.2, 0) is 31.7 Å². The number of benzene rings is 2. The van der Waals surface area contributed by atoms with E-state index in [0.29, 0.717) is 11.1 Å². The lowest BCUT2D eigenvalue weighted by Gasteiger charge is -2.34. The molecular formula is C26H32N2O5S. The molecule has 1 amide bonds. The van der Waals surface area contributed by atoms with Crippen LogP contribution in [0.4, 0.5) is 0 Å². The molecule has 8 heteroatoms. The Morgan fingerprint density at radius 1 is 1.06 bits per heavy atom. The third-order valence-electron chi connectivity index (χ3n) is 6.30. The zero-order valence-electron chi connectivity index (χ0n) is 19.6. The Hall–Kier alpha value is -2.97. The Labute approximate surface area is 201 Å². The van der Waals surface area contributed by atoms with Gasteiger partial charge in [0.1, 0.15) is 4.75 Å². The van der Waals surface area contributed by atoms with Crippen molar-refractivity contribution < 1.29 is 23.1 Å². The summed E-state index contributed by atoms with van der Waals surface area (Å²) in [5.74, 6) is -1.98. The fourth-order valence-corrected chi connectivity index (χ4v) is 5.33. The summed E-state index contributed by atoms with van der Waals surface area (Å²) >= 11 is 0. The third-order valence-corrected chi connectivity index (χ3v) is 8.73. The predicted octanol–water partition coefficient (Wildman–Crippen LogP) is 3.26. The number of hydrogen-bond acceptors (Lipinski definition) is 5. The van der Waals surface area contributed by atoms with Crippen molar-refractivity contribution in [2.45, 2.75) is 49.8 Å². The van der Waals surface area contributed by atoms with E-state index in [-0.39, 0.29) is 11.8 Å². The number of sulfone groups is 1. The molecular weight excluding hydrogens is 452 g/mol. The van der Waals surface area contributed by atoms with Gasteiger partial charge in [0.2, 0.25) is 5.91 Å². The summed E-state index contributed by atoms with van der Waals surface area (Å²) in [5.41, 5.74) is 2.20. The van der Waals surface area contributed by atoms with E-state index in [2.05, 4.69) is 22.3 Å². The molecule has 2 N–H and O–H groups in total. The Morgan fingerprint density at radius 2 is 1.68 bits per heavy atom. The molecule has 0 atom stereocenters. The van der Waals surface area contributed by atoms with Crippen LogP contribution in [-0.4, -0.2) is 54.2 Å². The fraction of sp³-hybridized carbons (Fsp3) is 0.385. The number of hydrogen-bond donors (Lipinski definition) is 2. The number of likely N-dealkylation sites (tertiary alicyclic amines) is 1. The van der Waals surface area contributed by atoms with Gasteiger partial charge in [0, 0.05) is 31.8 Å². The van der Waals surface area contributed by atoms with E-state index >= 15 is 0 Å². The van der Waals surface area contributed by atoms with Crippen molar-refractivity contribution in [1.82, 2.24) is 10.2 Å². The van der Waals surface area contributed by atoms with Gasteiger partial charge in [-0.3, -0.25) is 9.69 Å². The van der Waals surface area contributed by atoms with Crippen molar-refractivity contribution >= 4 is 27.8 Å². The average molecular weight is 485 g/mol. The van der Waals surface area contributed by atoms with Crippen LogP contribution < -0.4 is 5.32 Å². The van der Waals surface area contributed by atoms with Crippen LogP contribution in [0.3, 0.4) is 0 Å². The third kappa shape index (κ3) is 6.55. The van der Waals surface area contributed by atoms with Gasteiger partial charge >= 0.3 is 5.97 Å². The molecule has 0 bridgehead atoms. The molecule has 1 aliphatic rings. The number of carboxylic acid groups (broad SMARTS) is 1. The highest BCUT2D eigenvalue weighted by atomic mass is 32.2. The van der Waals surface area contributed by atoms with Gasteiger partial charge in [-0.05, 0) is 49.5 Å². The molecule has 0 saturated carbocycles. The zero-order chi connectivity index (χ0) is 24.8. The van der Waals surface area contributed by atoms with Gasteiger partial charge < -0.3 is 10.4 Å². The summed E-state index contributed by atoms with van der Waals surface area (Å²) in [5, 5.41) is 11.8. The topological polar surface area (TPSA) is 104 Å². The van der Waals surface area contributed by atoms with E-state index in [1.807, 2.05) is 18.2 Å². The SMILES string of the molecule is CC(C)(C(=O)NC1CCN(Cc2ccccc2)CC1)S(=O)(=O)Cc1ccccc1/C=C/C(=O)O. The zero-order valence-corrected chi connectivity index (χ0v) is 20.4. The number of carboxylic acids is 1. The van der Waals surface area contributed by atoms with Crippen molar-refractivity contribution in [2.75, 3.05) is 13.1 Å². The smallest absolute Gasteiger partial charge is 0.328 e. The first-order chi connectivity index (χ1) is 16.1. The van der Waals surface area contributed by atoms with E-state index in [1.165, 1.54) is 25.5 Å². The first-order valence-corrected chi connectivity index (χ1v) is 13.0. The van der Waals surface area contributed by atoms with Gasteiger partial charge in [-0.25, -0.2) is 13.2 Å². The highest BCUT2D eigenvalue weighted by molar-refractivity contribution is 7.92. The van der Waals surface area contributed by atoms with Gasteiger partial charge in [-0.15, -0.1) is 0 Å². The van der Waals surface area contributed by atoms with Gasteiger partial charge in [-0.2, -0.15) is 0 Å². The van der Waals surface area contributed by atoms with Crippen molar-refractivity contribution in [1.29, 1.82) is 0 Å². The first-order valence-electron chi connectivity index (χ1n) is 11.4. The Bertz CT molecular complexity index is 1130. The van der Waals surface area contributed by atoms with Crippen LogP contribution in [0.5, 0.6) is 0 Å². The number of aliphatic carboxylic acids is 1. The fourth-order valence-electron chi connectivity index (χ4n) is 3.95. The van der Waals surface area contributed by atoms with Crippen LogP contribution in [0.2, 0.25) is 0 Å². The molecule has 0 spiro atoms. The van der Waals surface area contributed by atoms with Crippen molar-refractivity contribution in [3.8, 4) is 0 Å². The molecule has 2 aromatic rings. The summed E-state index contributed by atoms with van der Waals surface area (Å²) in [6.45, 7) is 5.37. The number of rotatable bonds is 9. The van der Waals surface area contributed by atoms with Crippen LogP contribution in [0, 0.1) is 0 Å². The molecule has 1 saturated heterocycles. The molecule has 3 rings (SSSR count). The summed E-state index contributed by atoms with van der Waals surface area (Å²) < 4.78 is 24.9. The maximum absolute atomic E-state index is 13.2. The molecule has 0 radical (unpaired) electrons. The van der Waals surface area contributed by atoms with Crippen molar-refractivity contribution in [3.63, 3.8) is 0 Å². The van der Waals surface area contributed by atoms with E-state index in [0.717, 1.165) is 38.6 Å². The number of piperidine rings is 1. The summed E-state index contributed by atoms with van der Waals surface area (Å²) in [4.78, 5) is 26.2. The second-order valence-corrected chi connectivity index (χ2v) is 11.7. The van der Waals surface area contributed by atoms with Crippen LogP contribution >= 0.6 is 0 Å². The van der Waals surface area contributed by atoms with Crippen LogP contribution in [0.1, 0.15) is 43.4 Å². The number of carbonyl (C=O) groups is 2. The quantitative estimate of drug-likeness (QED) is 0.530. The van der Waals surface area contributed by atoms with Gasteiger partial charge in [0.25, 0.3) is 0 Å². The van der Waals surface area contributed by atoms with Crippen LogP contribution in [0.15, 0.2) is 60.7 Å². The minimum Gasteiger partial charge on any atom is -0.478 e. The number of carbonyl (C=O) groups excluding carboxylic acids is 1. The maximum atomic E-state index is 13.2. The van der Waals surface area contributed by atoms with Gasteiger partial charge in [-0.1, -0.05) is 54.6 Å². The lowest BCUT2D eigenvalue weighted by Crippen LogP contribution is -2.53. The van der Waals surface area contributed by atoms with Gasteiger partial charge in [0.05, 0.1) is 5.75 Å². The maximum Gasteiger partial charge on any atom is 0.328 e. The average Bonchev–Trinajstić information content (AvgIpc) is 2.80. The van der Waals surface area contributed by atoms with E-state index in [1.54, 1.807) is 24.3 Å². The monoisotopic (exact) mass is 484 g/mol. The van der Waals surface area contributed by atoms with E-state index < -0.39 is 26.5 Å². The van der Waals surface area contributed by atoms with Crippen LogP contribution in [0.25, 0.3) is 6.08 Å². The molecule has 0 aromatic heterocycles. The van der Waals surface area contributed by atoms with Crippen molar-refractivity contribution in [2.24, 2.45) is 0 Å². The molecule has 182 valence electrons. The molecule has 1 fully saturated rings. The number of nitrogens with zero attached hydrogens (tertiary/aromatic N) is 1. The van der Waals surface area contributed by atoms with E-state index in [4.69, 9.17) is 5.11 Å². The lowest BCUT2D eigenvalue weighted by atomic mass is 10.0. The second-order valence-electron chi connectivity index (χ2n) is 9.15. The summed E-state index contributed by atoms with van der Waals surface area (Å²) in [6, 6.07) is 16.8. The molecule has 7 nitrogen and oxygen atoms in total. The minimum absolute atomic E-state index is 0.0696. The predicted molar refractivity (Wildman–Crippen MR) is 133 cm³/mol. The minimum atomic E-state index is -3.88. The highest BCUT2D eigenvalue weighted by Crippen LogP contribution is 2.25. The summed E-state index contributed by atoms with van der Waals surface area (Å²) in [6.07, 6.45) is 3.85. The molecule has 1 aliphatic heterocycles. The van der Waals surface area contributed by atoms with Gasteiger partial charge in [0.15, 0.2) is 9.84 Å². The number of amides is 1. The largest absolute Gasteiger partial charge is 0.478 e. The van der Waals surface area contributed by atoms with Crippen molar-refractivity contribution in [3.05, 3.63) is 77.4 Å². The molecule has 0 aliphatic carbocycles. The first kappa shape index (κ1) is 25.6. The highest BCUT2D eigenvalue weighted by Gasteiger charge is 2.42. The summed E-state index contributed by atoms with van der Waals surface area (Å²) in [7, 11) is -3.88. The lowest BCUT2D eigenvalue weighted by molar-refractivity contribution is -0.131.